The smallest absolute Gasteiger partial charge is 0.328 e. The van der Waals surface area contributed by atoms with Gasteiger partial charge in [-0.15, -0.1) is 0 Å². The number of nitrogens with zero attached hydrogens (tertiary/aromatic N) is 5. The Hall–Kier alpha value is -4.28. The number of nitrogens with one attached hydrogen (secondary N) is 2. The Kier molecular flexibility index (Phi) is 4.60. The van der Waals surface area contributed by atoms with Gasteiger partial charge in [0.2, 0.25) is 5.95 Å². The van der Waals surface area contributed by atoms with Crippen LogP contribution in [0, 0.1) is 17.6 Å². The first-order valence-corrected chi connectivity index (χ1v) is 11.9. The number of para-hydroxylation sites is 1. The van der Waals surface area contributed by atoms with Gasteiger partial charge in [0.15, 0.2) is 23.0 Å². The molecule has 9 nitrogen and oxygen atoms in total. The van der Waals surface area contributed by atoms with Gasteiger partial charge in [-0.2, -0.15) is 9.97 Å². The van der Waals surface area contributed by atoms with Crippen molar-refractivity contribution in [2.75, 3.05) is 18.5 Å². The van der Waals surface area contributed by atoms with Crippen LogP contribution in [0.15, 0.2) is 47.5 Å². The first kappa shape index (κ1) is 21.0. The van der Waals surface area contributed by atoms with Gasteiger partial charge >= 0.3 is 5.69 Å². The fourth-order valence-corrected chi connectivity index (χ4v) is 4.85. The Morgan fingerprint density at radius 1 is 1.14 bits per heavy atom. The van der Waals surface area contributed by atoms with Gasteiger partial charge in [0.1, 0.15) is 17.7 Å². The van der Waals surface area contributed by atoms with Crippen molar-refractivity contribution >= 4 is 28.0 Å². The van der Waals surface area contributed by atoms with Crippen LogP contribution in [0.25, 0.3) is 28.1 Å². The Morgan fingerprint density at radius 3 is 2.89 bits per heavy atom. The number of imidazole rings is 2. The number of rotatable bonds is 5. The zero-order chi connectivity index (χ0) is 24.4. The maximum absolute atomic E-state index is 14.5. The van der Waals surface area contributed by atoms with Crippen molar-refractivity contribution in [3.05, 3.63) is 70.4 Å². The molecule has 0 unspecified atom stereocenters. The molecule has 182 valence electrons. The number of H-pyrrole nitrogens is 1. The maximum Gasteiger partial charge on any atom is 0.328 e. The molecule has 2 aliphatic rings. The lowest BCUT2D eigenvalue weighted by Crippen LogP contribution is -2.28. The molecule has 1 saturated carbocycles. The standard InChI is InChI=1S/C25H21F2N7O2/c26-14-6-7-17-19(10-14)33(12-29-17)24-31-22(28-11-13-4-5-13)20-23(32-24)34(25(35)30-20)18-8-9-36-21-15(18)2-1-3-16(21)27/h1-3,6-7,10,12-13,18H,4-5,8-9,11H2,(H,30,35)(H,28,31,32)/t18-/m1/s1. The highest BCUT2D eigenvalue weighted by Crippen LogP contribution is 2.37. The van der Waals surface area contributed by atoms with Gasteiger partial charge in [0.25, 0.3) is 0 Å². The fourth-order valence-electron chi connectivity index (χ4n) is 4.85. The van der Waals surface area contributed by atoms with Crippen molar-refractivity contribution in [3.8, 4) is 11.7 Å². The van der Waals surface area contributed by atoms with Gasteiger partial charge in [0.05, 0.1) is 23.7 Å². The van der Waals surface area contributed by atoms with Gasteiger partial charge in [-0.3, -0.25) is 9.13 Å². The fraction of sp³-hybridized carbons (Fsp3) is 0.280. The lowest BCUT2D eigenvalue weighted by atomic mass is 10.00. The van der Waals surface area contributed by atoms with E-state index in [4.69, 9.17) is 14.7 Å². The molecule has 2 aromatic carbocycles. The summed E-state index contributed by atoms with van der Waals surface area (Å²) in [6, 6.07) is 8.52. The normalized spacial score (nSPS) is 17.3. The average Bonchev–Trinajstić information content (AvgIpc) is 3.52. The van der Waals surface area contributed by atoms with Gasteiger partial charge in [0, 0.05) is 24.6 Å². The van der Waals surface area contributed by atoms with Crippen LogP contribution < -0.4 is 15.7 Å². The summed E-state index contributed by atoms with van der Waals surface area (Å²) in [5.74, 6) is 0.542. The van der Waals surface area contributed by atoms with E-state index in [1.54, 1.807) is 22.8 Å². The van der Waals surface area contributed by atoms with Gasteiger partial charge < -0.3 is 15.0 Å². The second-order valence-corrected chi connectivity index (χ2v) is 9.25. The van der Waals surface area contributed by atoms with Crippen molar-refractivity contribution in [2.24, 2.45) is 5.92 Å². The Balaban J connectivity index is 1.45. The van der Waals surface area contributed by atoms with Crippen molar-refractivity contribution in [3.63, 3.8) is 0 Å². The summed E-state index contributed by atoms with van der Waals surface area (Å²) in [5, 5.41) is 3.36. The topological polar surface area (TPSA) is 103 Å². The number of fused-ring (bicyclic) bond motifs is 3. The van der Waals surface area contributed by atoms with Crippen LogP contribution >= 0.6 is 0 Å². The third-order valence-electron chi connectivity index (χ3n) is 6.84. The number of aromatic amines is 1. The second kappa shape index (κ2) is 7.87. The lowest BCUT2D eigenvalue weighted by molar-refractivity contribution is 0.244. The zero-order valence-electron chi connectivity index (χ0n) is 19.0. The third kappa shape index (κ3) is 3.34. The largest absolute Gasteiger partial charge is 0.490 e. The number of ether oxygens (including phenoxy) is 1. The van der Waals surface area contributed by atoms with Crippen molar-refractivity contribution < 1.29 is 13.5 Å². The van der Waals surface area contributed by atoms with Crippen LogP contribution in [-0.4, -0.2) is 42.2 Å². The molecule has 11 heteroatoms. The summed E-state index contributed by atoms with van der Waals surface area (Å²) in [5.41, 5.74) is 2.12. The number of benzene rings is 2. The van der Waals surface area contributed by atoms with Crippen molar-refractivity contribution in [1.82, 2.24) is 29.1 Å². The quantitative estimate of drug-likeness (QED) is 0.388. The molecule has 1 atom stereocenters. The number of hydrogen-bond acceptors (Lipinski definition) is 6. The summed E-state index contributed by atoms with van der Waals surface area (Å²) in [7, 11) is 0. The average molecular weight is 489 g/mol. The molecular formula is C25H21F2N7O2. The van der Waals surface area contributed by atoms with Crippen molar-refractivity contribution in [1.29, 1.82) is 0 Å². The number of aromatic nitrogens is 6. The van der Waals surface area contributed by atoms with E-state index in [1.807, 2.05) is 0 Å². The zero-order valence-corrected chi connectivity index (χ0v) is 19.0. The molecule has 4 heterocycles. The molecule has 0 saturated heterocycles. The van der Waals surface area contributed by atoms with Crippen LogP contribution in [0.5, 0.6) is 5.75 Å². The SMILES string of the molecule is O=c1[nH]c2c(NCC3CC3)nc(-n3cnc4ccc(F)cc43)nc2n1[C@@H]1CCOc2c(F)cccc21. The molecule has 3 aromatic heterocycles. The molecule has 7 rings (SSSR count). The molecule has 2 N–H and O–H groups in total. The Bertz CT molecular complexity index is 1700. The monoisotopic (exact) mass is 489 g/mol. The van der Waals surface area contributed by atoms with E-state index in [2.05, 4.69) is 15.3 Å². The summed E-state index contributed by atoms with van der Waals surface area (Å²) in [4.78, 5) is 30.0. The minimum Gasteiger partial charge on any atom is -0.490 e. The molecule has 36 heavy (non-hydrogen) atoms. The summed E-state index contributed by atoms with van der Waals surface area (Å²) in [6.07, 6.45) is 4.28. The maximum atomic E-state index is 14.5. The first-order valence-electron chi connectivity index (χ1n) is 11.9. The molecule has 0 amide bonds. The van der Waals surface area contributed by atoms with E-state index in [-0.39, 0.29) is 24.0 Å². The highest BCUT2D eigenvalue weighted by atomic mass is 19.1. The molecular weight excluding hydrogens is 468 g/mol. The Labute approximate surface area is 202 Å². The van der Waals surface area contributed by atoms with Crippen LogP contribution in [0.4, 0.5) is 14.6 Å². The molecule has 1 aliphatic heterocycles. The van der Waals surface area contributed by atoms with Crippen LogP contribution in [-0.2, 0) is 0 Å². The number of hydrogen-bond donors (Lipinski definition) is 2. The van der Waals surface area contributed by atoms with E-state index >= 15 is 0 Å². The number of anilines is 1. The molecule has 1 aliphatic carbocycles. The molecule has 0 bridgehead atoms. The van der Waals surface area contributed by atoms with E-state index in [1.165, 1.54) is 29.1 Å². The minimum absolute atomic E-state index is 0.146. The predicted molar refractivity (Wildman–Crippen MR) is 129 cm³/mol. The van der Waals surface area contributed by atoms with E-state index in [9.17, 15) is 13.6 Å². The minimum atomic E-state index is -0.485. The Morgan fingerprint density at radius 2 is 2.03 bits per heavy atom. The summed E-state index contributed by atoms with van der Waals surface area (Å²) in [6.45, 7) is 0.970. The van der Waals surface area contributed by atoms with Gasteiger partial charge in [-0.1, -0.05) is 12.1 Å². The second-order valence-electron chi connectivity index (χ2n) is 9.25. The molecule has 1 fully saturated rings. The van der Waals surface area contributed by atoms with Crippen molar-refractivity contribution in [2.45, 2.75) is 25.3 Å². The summed E-state index contributed by atoms with van der Waals surface area (Å²) >= 11 is 0. The highest BCUT2D eigenvalue weighted by molar-refractivity contribution is 5.85. The van der Waals surface area contributed by atoms with E-state index < -0.39 is 17.7 Å². The molecule has 0 spiro atoms. The predicted octanol–water partition coefficient (Wildman–Crippen LogP) is 3.93. The van der Waals surface area contributed by atoms with E-state index in [0.717, 1.165) is 12.8 Å². The lowest BCUT2D eigenvalue weighted by Gasteiger charge is -2.26. The van der Waals surface area contributed by atoms with Crippen LogP contribution in [0.2, 0.25) is 0 Å². The summed E-state index contributed by atoms with van der Waals surface area (Å²) < 4.78 is 37.2. The first-order chi connectivity index (χ1) is 17.6. The molecule has 5 aromatic rings. The third-order valence-corrected chi connectivity index (χ3v) is 6.84. The highest BCUT2D eigenvalue weighted by Gasteiger charge is 2.30. The molecule has 0 radical (unpaired) electrons. The van der Waals surface area contributed by atoms with Crippen LogP contribution in [0.1, 0.15) is 30.9 Å². The van der Waals surface area contributed by atoms with Gasteiger partial charge in [-0.05, 0) is 37.0 Å². The van der Waals surface area contributed by atoms with E-state index in [0.29, 0.717) is 52.5 Å². The van der Waals surface area contributed by atoms with Crippen LogP contribution in [0.3, 0.4) is 0 Å². The van der Waals surface area contributed by atoms with Gasteiger partial charge in [-0.25, -0.2) is 18.6 Å². The number of halogens is 2.